The van der Waals surface area contributed by atoms with E-state index in [1.165, 1.54) is 90.1 Å². The molecule has 210 valence electrons. The van der Waals surface area contributed by atoms with E-state index in [1.54, 1.807) is 0 Å². The summed E-state index contributed by atoms with van der Waals surface area (Å²) in [5, 5.41) is 7.89. The van der Waals surface area contributed by atoms with Gasteiger partial charge >= 0.3 is 0 Å². The molecule has 3 aromatic heterocycles. The minimum atomic E-state index is 1.23. The Morgan fingerprint density at radius 1 is 0.378 bits per heavy atom. The van der Waals surface area contributed by atoms with Crippen molar-refractivity contribution < 1.29 is 0 Å². The molecule has 45 heavy (non-hydrogen) atoms. The average Bonchev–Trinajstić information content (AvgIpc) is 3.77. The maximum atomic E-state index is 2.47. The second-order valence-electron chi connectivity index (χ2n) is 11.7. The van der Waals surface area contributed by atoms with Gasteiger partial charge in [-0.05, 0) is 64.7 Å². The summed E-state index contributed by atoms with van der Waals surface area (Å²) >= 11 is 3.78. The van der Waals surface area contributed by atoms with Crippen LogP contribution in [0, 0.1) is 0 Å². The van der Waals surface area contributed by atoms with E-state index in [2.05, 4.69) is 156 Å². The van der Waals surface area contributed by atoms with Crippen molar-refractivity contribution in [3.05, 3.63) is 152 Å². The van der Waals surface area contributed by atoms with Gasteiger partial charge in [-0.1, -0.05) is 109 Å². The van der Waals surface area contributed by atoms with Crippen molar-refractivity contribution in [3.8, 4) is 27.9 Å². The number of hydrogen-bond acceptors (Lipinski definition) is 2. The van der Waals surface area contributed by atoms with Gasteiger partial charge in [-0.2, -0.15) is 0 Å². The number of nitrogens with zero attached hydrogens (tertiary/aromatic N) is 1. The first-order valence-electron chi connectivity index (χ1n) is 15.3. The molecular weight excluding hydrogens is 583 g/mol. The Hall–Kier alpha value is -5.22. The van der Waals surface area contributed by atoms with Crippen LogP contribution in [0.5, 0.6) is 0 Å². The monoisotopic (exact) mass is 607 g/mol. The van der Waals surface area contributed by atoms with Gasteiger partial charge in [0.1, 0.15) is 0 Å². The van der Waals surface area contributed by atoms with Crippen LogP contribution in [-0.4, -0.2) is 4.57 Å². The van der Waals surface area contributed by atoms with E-state index in [4.69, 9.17) is 0 Å². The topological polar surface area (TPSA) is 4.93 Å². The number of aromatic nitrogens is 1. The van der Waals surface area contributed by atoms with Crippen LogP contribution < -0.4 is 0 Å². The molecule has 0 aliphatic carbocycles. The summed E-state index contributed by atoms with van der Waals surface area (Å²) in [6.07, 6.45) is 0. The van der Waals surface area contributed by atoms with Gasteiger partial charge in [-0.25, -0.2) is 0 Å². The zero-order chi connectivity index (χ0) is 29.5. The lowest BCUT2D eigenvalue weighted by Crippen LogP contribution is -1.93. The Morgan fingerprint density at radius 3 is 2.02 bits per heavy atom. The van der Waals surface area contributed by atoms with Crippen LogP contribution in [0.3, 0.4) is 0 Å². The number of benzene rings is 7. The number of para-hydroxylation sites is 1. The first kappa shape index (κ1) is 25.1. The molecule has 1 nitrogen and oxygen atoms in total. The lowest BCUT2D eigenvalue weighted by Gasteiger charge is -2.10. The Balaban J connectivity index is 1.21. The van der Waals surface area contributed by atoms with Gasteiger partial charge < -0.3 is 4.57 Å². The third kappa shape index (κ3) is 3.72. The molecule has 0 spiro atoms. The number of rotatable bonds is 3. The van der Waals surface area contributed by atoms with Crippen molar-refractivity contribution in [3.63, 3.8) is 0 Å². The van der Waals surface area contributed by atoms with Crippen LogP contribution in [0.2, 0.25) is 0 Å². The maximum Gasteiger partial charge on any atom is 0.0640 e. The van der Waals surface area contributed by atoms with Crippen molar-refractivity contribution in [1.82, 2.24) is 4.57 Å². The molecule has 3 heterocycles. The fourth-order valence-electron chi connectivity index (χ4n) is 7.19. The minimum Gasteiger partial charge on any atom is -0.308 e. The molecule has 0 N–H and O–H groups in total. The van der Waals surface area contributed by atoms with E-state index in [9.17, 15) is 0 Å². The smallest absolute Gasteiger partial charge is 0.0640 e. The van der Waals surface area contributed by atoms with Crippen LogP contribution in [-0.2, 0) is 0 Å². The molecule has 10 rings (SSSR count). The highest BCUT2D eigenvalue weighted by Crippen LogP contribution is 2.45. The lowest BCUT2D eigenvalue weighted by atomic mass is 9.98. The first-order valence-corrected chi connectivity index (χ1v) is 16.9. The normalized spacial score (nSPS) is 12.0. The number of thiophene rings is 2. The van der Waals surface area contributed by atoms with E-state index < -0.39 is 0 Å². The van der Waals surface area contributed by atoms with Crippen LogP contribution in [0.4, 0.5) is 0 Å². The van der Waals surface area contributed by atoms with Crippen LogP contribution in [0.1, 0.15) is 0 Å². The summed E-state index contributed by atoms with van der Waals surface area (Å²) in [5.74, 6) is 0. The second-order valence-corrected chi connectivity index (χ2v) is 13.8. The predicted octanol–water partition coefficient (Wildman–Crippen LogP) is 12.9. The zero-order valence-corrected chi connectivity index (χ0v) is 25.8. The standard InChI is InChI=1S/C42H25NS2/c1-2-10-26(11-3-1)27-21-23-36-34(24-27)30-12-4-6-16-35(30)43(36)37-17-8-15-33-41-29(14-9-19-39(41)45-42(33)37)28-20-22-32-31-13-5-7-18-38(31)44-40(32)25-28/h1-25H. The maximum absolute atomic E-state index is 2.47. The molecule has 0 fully saturated rings. The molecule has 10 aromatic rings. The van der Waals surface area contributed by atoms with Crippen molar-refractivity contribution in [2.45, 2.75) is 0 Å². The van der Waals surface area contributed by atoms with Gasteiger partial charge in [0.05, 0.1) is 21.4 Å². The van der Waals surface area contributed by atoms with Gasteiger partial charge in [0.2, 0.25) is 0 Å². The fraction of sp³-hybridized carbons (Fsp3) is 0. The molecule has 7 aromatic carbocycles. The highest BCUT2D eigenvalue weighted by atomic mass is 32.1. The van der Waals surface area contributed by atoms with Crippen molar-refractivity contribution in [1.29, 1.82) is 0 Å². The van der Waals surface area contributed by atoms with Gasteiger partial charge in [-0.15, -0.1) is 22.7 Å². The minimum absolute atomic E-state index is 1.23. The van der Waals surface area contributed by atoms with Crippen LogP contribution in [0.25, 0.3) is 90.1 Å². The molecule has 0 aliphatic heterocycles. The van der Waals surface area contributed by atoms with Crippen LogP contribution >= 0.6 is 22.7 Å². The summed E-state index contributed by atoms with van der Waals surface area (Å²) in [4.78, 5) is 0. The lowest BCUT2D eigenvalue weighted by molar-refractivity contribution is 1.20. The Kier molecular flexibility index (Phi) is 5.39. The molecular formula is C42H25NS2. The quantitative estimate of drug-likeness (QED) is 0.188. The van der Waals surface area contributed by atoms with E-state index in [0.29, 0.717) is 0 Å². The van der Waals surface area contributed by atoms with Crippen LogP contribution in [0.15, 0.2) is 152 Å². The van der Waals surface area contributed by atoms with E-state index in [0.717, 1.165) is 0 Å². The first-order chi connectivity index (χ1) is 22.3. The molecule has 0 bridgehead atoms. The van der Waals surface area contributed by atoms with E-state index >= 15 is 0 Å². The van der Waals surface area contributed by atoms with Crippen molar-refractivity contribution in [2.75, 3.05) is 0 Å². The summed E-state index contributed by atoms with van der Waals surface area (Å²) in [6, 6.07) is 55.8. The Bertz CT molecular complexity index is 2760. The predicted molar refractivity (Wildman–Crippen MR) is 197 cm³/mol. The average molecular weight is 608 g/mol. The number of fused-ring (bicyclic) bond motifs is 9. The second kappa shape index (κ2) is 9.64. The van der Waals surface area contributed by atoms with Gasteiger partial charge in [-0.3, -0.25) is 0 Å². The summed E-state index contributed by atoms with van der Waals surface area (Å²) < 4.78 is 7.79. The fourth-order valence-corrected chi connectivity index (χ4v) is 9.56. The largest absolute Gasteiger partial charge is 0.308 e. The third-order valence-electron chi connectivity index (χ3n) is 9.21. The van der Waals surface area contributed by atoms with Gasteiger partial charge in [0.15, 0.2) is 0 Å². The highest BCUT2D eigenvalue weighted by molar-refractivity contribution is 7.26. The zero-order valence-electron chi connectivity index (χ0n) is 24.2. The third-order valence-corrected chi connectivity index (χ3v) is 11.5. The number of hydrogen-bond donors (Lipinski definition) is 0. The molecule has 0 radical (unpaired) electrons. The van der Waals surface area contributed by atoms with E-state index in [-0.39, 0.29) is 0 Å². The molecule has 0 unspecified atom stereocenters. The molecule has 3 heteroatoms. The van der Waals surface area contributed by atoms with Gasteiger partial charge in [0, 0.05) is 46.4 Å². The van der Waals surface area contributed by atoms with E-state index in [1.807, 2.05) is 22.7 Å². The molecule has 0 aliphatic rings. The molecule has 0 saturated carbocycles. The van der Waals surface area contributed by atoms with Crippen molar-refractivity contribution >= 4 is 84.8 Å². The summed E-state index contributed by atoms with van der Waals surface area (Å²) in [5.41, 5.74) is 8.75. The molecule has 0 atom stereocenters. The SMILES string of the molecule is c1ccc(-c2ccc3c(c2)c2ccccc2n3-c2cccc3c2sc2cccc(-c4ccc5c(c4)sc4ccccc45)c23)cc1. The highest BCUT2D eigenvalue weighted by Gasteiger charge is 2.19. The molecule has 0 saturated heterocycles. The van der Waals surface area contributed by atoms with Crippen molar-refractivity contribution in [2.24, 2.45) is 0 Å². The Labute approximate surface area is 267 Å². The molecule has 0 amide bonds. The van der Waals surface area contributed by atoms with Gasteiger partial charge in [0.25, 0.3) is 0 Å². The summed E-state index contributed by atoms with van der Waals surface area (Å²) in [6.45, 7) is 0. The summed E-state index contributed by atoms with van der Waals surface area (Å²) in [7, 11) is 0. The Morgan fingerprint density at radius 2 is 1.09 bits per heavy atom.